The number of fused-ring (bicyclic) bond motifs is 1. The van der Waals surface area contributed by atoms with Crippen LogP contribution in [0.25, 0.3) is 0 Å². The van der Waals surface area contributed by atoms with Crippen LogP contribution in [0.1, 0.15) is 16.7 Å². The van der Waals surface area contributed by atoms with Gasteiger partial charge in [-0.15, -0.1) is 0 Å². The van der Waals surface area contributed by atoms with E-state index >= 15 is 0 Å². The van der Waals surface area contributed by atoms with Gasteiger partial charge in [-0.3, -0.25) is 9.67 Å². The molecule has 0 aliphatic carbocycles. The van der Waals surface area contributed by atoms with E-state index in [0.717, 1.165) is 37.0 Å². The molecule has 150 valence electrons. The predicted octanol–water partition coefficient (Wildman–Crippen LogP) is 2.57. The van der Waals surface area contributed by atoms with Gasteiger partial charge in [0.25, 0.3) is 0 Å². The summed E-state index contributed by atoms with van der Waals surface area (Å²) >= 11 is 0. The highest BCUT2D eigenvalue weighted by atomic mass is 16.7. The largest absolute Gasteiger partial charge is 0.454 e. The van der Waals surface area contributed by atoms with Crippen LogP contribution in [0, 0.1) is 0 Å². The fourth-order valence-corrected chi connectivity index (χ4v) is 3.25. The molecule has 0 amide bonds. The van der Waals surface area contributed by atoms with Crippen LogP contribution < -0.4 is 20.1 Å². The third-order valence-corrected chi connectivity index (χ3v) is 4.72. The van der Waals surface area contributed by atoms with Crippen molar-refractivity contribution < 1.29 is 9.47 Å². The van der Waals surface area contributed by atoms with Crippen molar-refractivity contribution >= 4 is 5.96 Å². The lowest BCUT2D eigenvalue weighted by Crippen LogP contribution is -2.37. The number of ether oxygens (including phenoxy) is 2. The molecule has 29 heavy (non-hydrogen) atoms. The van der Waals surface area contributed by atoms with Crippen molar-refractivity contribution in [2.24, 2.45) is 4.99 Å². The SMILES string of the molecule is CN=C(NCCc1ccc2c(c1)OCO2)NCc1cccc(Cn2cccn2)c1. The minimum atomic E-state index is 0.302. The molecule has 7 nitrogen and oxygen atoms in total. The summed E-state index contributed by atoms with van der Waals surface area (Å²) in [5.41, 5.74) is 3.62. The molecule has 0 saturated carbocycles. The minimum absolute atomic E-state index is 0.302. The zero-order chi connectivity index (χ0) is 19.9. The first-order valence-corrected chi connectivity index (χ1v) is 9.68. The second-order valence-electron chi connectivity index (χ2n) is 6.81. The molecule has 0 unspecified atom stereocenters. The molecule has 2 aromatic carbocycles. The molecule has 0 fully saturated rings. The number of hydrogen-bond acceptors (Lipinski definition) is 4. The Morgan fingerprint density at radius 1 is 1.03 bits per heavy atom. The van der Waals surface area contributed by atoms with Gasteiger partial charge in [0, 0.05) is 32.5 Å². The van der Waals surface area contributed by atoms with Gasteiger partial charge in [0.1, 0.15) is 0 Å². The van der Waals surface area contributed by atoms with E-state index in [4.69, 9.17) is 9.47 Å². The molecule has 0 atom stereocenters. The maximum Gasteiger partial charge on any atom is 0.231 e. The van der Waals surface area contributed by atoms with Crippen molar-refractivity contribution in [3.05, 3.63) is 77.6 Å². The maximum atomic E-state index is 5.43. The lowest BCUT2D eigenvalue weighted by Gasteiger charge is -2.13. The fraction of sp³-hybridized carbons (Fsp3) is 0.273. The molecule has 7 heteroatoms. The summed E-state index contributed by atoms with van der Waals surface area (Å²) in [5.74, 6) is 2.41. The van der Waals surface area contributed by atoms with Crippen LogP contribution in [0.5, 0.6) is 11.5 Å². The van der Waals surface area contributed by atoms with Gasteiger partial charge in [0.15, 0.2) is 17.5 Å². The number of nitrogens with zero attached hydrogens (tertiary/aromatic N) is 3. The zero-order valence-electron chi connectivity index (χ0n) is 16.5. The van der Waals surface area contributed by atoms with E-state index in [1.807, 2.05) is 29.1 Å². The molecular formula is C22H25N5O2. The first kappa shape index (κ1) is 18.9. The van der Waals surface area contributed by atoms with E-state index in [1.54, 1.807) is 13.2 Å². The van der Waals surface area contributed by atoms with E-state index < -0.39 is 0 Å². The summed E-state index contributed by atoms with van der Waals surface area (Å²) in [4.78, 5) is 4.31. The fourth-order valence-electron chi connectivity index (χ4n) is 3.25. The molecule has 2 heterocycles. The van der Waals surface area contributed by atoms with Gasteiger partial charge in [-0.2, -0.15) is 5.10 Å². The van der Waals surface area contributed by atoms with Crippen LogP contribution >= 0.6 is 0 Å². The molecule has 0 saturated heterocycles. The van der Waals surface area contributed by atoms with Crippen LogP contribution in [0.15, 0.2) is 65.9 Å². The topological polar surface area (TPSA) is 72.7 Å². The molecule has 0 spiro atoms. The van der Waals surface area contributed by atoms with Crippen molar-refractivity contribution in [3.63, 3.8) is 0 Å². The summed E-state index contributed by atoms with van der Waals surface area (Å²) in [6, 6.07) is 16.5. The van der Waals surface area contributed by atoms with Gasteiger partial charge in [0.05, 0.1) is 6.54 Å². The number of aliphatic imine (C=N–C) groups is 1. The van der Waals surface area contributed by atoms with E-state index in [0.29, 0.717) is 13.3 Å². The van der Waals surface area contributed by atoms with Crippen LogP contribution in [-0.4, -0.2) is 36.1 Å². The molecular weight excluding hydrogens is 366 g/mol. The van der Waals surface area contributed by atoms with Gasteiger partial charge >= 0.3 is 0 Å². The molecule has 1 aromatic heterocycles. The number of nitrogens with one attached hydrogen (secondary N) is 2. The molecule has 0 bridgehead atoms. The molecule has 1 aliphatic rings. The van der Waals surface area contributed by atoms with Gasteiger partial charge in [-0.1, -0.05) is 30.3 Å². The van der Waals surface area contributed by atoms with Crippen molar-refractivity contribution in [1.29, 1.82) is 0 Å². The average molecular weight is 391 g/mol. The molecule has 1 aliphatic heterocycles. The summed E-state index contributed by atoms with van der Waals surface area (Å²) in [7, 11) is 1.78. The Hall–Kier alpha value is -3.48. The predicted molar refractivity (Wildman–Crippen MR) is 112 cm³/mol. The van der Waals surface area contributed by atoms with Crippen LogP contribution in [0.3, 0.4) is 0 Å². The number of hydrogen-bond donors (Lipinski definition) is 2. The number of benzene rings is 2. The Morgan fingerprint density at radius 3 is 2.79 bits per heavy atom. The summed E-state index contributed by atoms with van der Waals surface area (Å²) in [6.07, 6.45) is 4.64. The first-order valence-electron chi connectivity index (χ1n) is 9.68. The maximum absolute atomic E-state index is 5.43. The second kappa shape index (κ2) is 9.14. The lowest BCUT2D eigenvalue weighted by atomic mass is 10.1. The Kier molecular flexibility index (Phi) is 5.95. The van der Waals surface area contributed by atoms with Crippen molar-refractivity contribution in [1.82, 2.24) is 20.4 Å². The van der Waals surface area contributed by atoms with E-state index in [9.17, 15) is 0 Å². The summed E-state index contributed by atoms with van der Waals surface area (Å²) < 4.78 is 12.7. The van der Waals surface area contributed by atoms with Crippen LogP contribution in [-0.2, 0) is 19.5 Å². The van der Waals surface area contributed by atoms with Crippen molar-refractivity contribution in [2.45, 2.75) is 19.5 Å². The lowest BCUT2D eigenvalue weighted by molar-refractivity contribution is 0.174. The molecule has 0 radical (unpaired) electrons. The Bertz CT molecular complexity index is 969. The monoisotopic (exact) mass is 391 g/mol. The van der Waals surface area contributed by atoms with Gasteiger partial charge < -0.3 is 20.1 Å². The number of rotatable bonds is 7. The highest BCUT2D eigenvalue weighted by Gasteiger charge is 2.12. The quantitative estimate of drug-likeness (QED) is 0.478. The number of aromatic nitrogens is 2. The van der Waals surface area contributed by atoms with E-state index in [2.05, 4.69) is 51.1 Å². The smallest absolute Gasteiger partial charge is 0.231 e. The van der Waals surface area contributed by atoms with Gasteiger partial charge in [0.2, 0.25) is 6.79 Å². The third-order valence-electron chi connectivity index (χ3n) is 4.72. The Labute approximate surface area is 170 Å². The third kappa shape index (κ3) is 5.07. The Morgan fingerprint density at radius 2 is 1.93 bits per heavy atom. The van der Waals surface area contributed by atoms with Crippen LogP contribution in [0.2, 0.25) is 0 Å². The molecule has 4 rings (SSSR count). The van der Waals surface area contributed by atoms with Gasteiger partial charge in [-0.25, -0.2) is 0 Å². The van der Waals surface area contributed by atoms with E-state index in [1.165, 1.54) is 16.7 Å². The average Bonchev–Trinajstić information content (AvgIpc) is 3.42. The summed E-state index contributed by atoms with van der Waals surface area (Å²) in [6.45, 7) is 2.55. The number of guanidine groups is 1. The van der Waals surface area contributed by atoms with Gasteiger partial charge in [-0.05, 0) is 41.3 Å². The molecule has 2 N–H and O–H groups in total. The zero-order valence-corrected chi connectivity index (χ0v) is 16.5. The highest BCUT2D eigenvalue weighted by Crippen LogP contribution is 2.32. The standard InChI is InChI=1S/C22H25N5O2/c1-23-22(24-10-8-17-6-7-20-21(13-17)29-16-28-20)25-14-18-4-2-5-19(12-18)15-27-11-3-9-26-27/h2-7,9,11-13H,8,10,14-16H2,1H3,(H2,23,24,25). The minimum Gasteiger partial charge on any atom is -0.454 e. The highest BCUT2D eigenvalue weighted by molar-refractivity contribution is 5.79. The van der Waals surface area contributed by atoms with Crippen molar-refractivity contribution in [3.8, 4) is 11.5 Å². The van der Waals surface area contributed by atoms with Crippen LogP contribution in [0.4, 0.5) is 0 Å². The molecule has 3 aromatic rings. The van der Waals surface area contributed by atoms with E-state index in [-0.39, 0.29) is 0 Å². The second-order valence-corrected chi connectivity index (χ2v) is 6.81. The normalized spacial score (nSPS) is 12.8. The summed E-state index contributed by atoms with van der Waals surface area (Å²) in [5, 5.41) is 11.0. The first-order chi connectivity index (χ1) is 14.3. The van der Waals surface area contributed by atoms with Crippen molar-refractivity contribution in [2.75, 3.05) is 20.4 Å². The Balaban J connectivity index is 1.25.